The molecule has 0 fully saturated rings. The lowest BCUT2D eigenvalue weighted by Crippen LogP contribution is -2.30. The first kappa shape index (κ1) is 13.1. The summed E-state index contributed by atoms with van der Waals surface area (Å²) in [4.78, 5) is 11.4. The Labute approximate surface area is 104 Å². The minimum absolute atomic E-state index is 0.0486. The van der Waals surface area contributed by atoms with Crippen LogP contribution in [-0.2, 0) is 0 Å². The number of carbonyl (C=O) groups is 1. The second-order valence-corrected chi connectivity index (χ2v) is 4.22. The van der Waals surface area contributed by atoms with Gasteiger partial charge in [-0.2, -0.15) is 0 Å². The Morgan fingerprint density at radius 2 is 2.00 bits per heavy atom. The van der Waals surface area contributed by atoms with Gasteiger partial charge in [0.2, 0.25) is 0 Å². The second-order valence-electron chi connectivity index (χ2n) is 3.40. The van der Waals surface area contributed by atoms with E-state index in [0.29, 0.717) is 10.8 Å². The summed E-state index contributed by atoms with van der Waals surface area (Å²) in [6, 6.07) is 2.91. The van der Waals surface area contributed by atoms with E-state index in [1.807, 2.05) is 19.3 Å². The minimum atomic E-state index is -0.490. The summed E-state index contributed by atoms with van der Waals surface area (Å²) in [6.07, 6.45) is -0.0486. The maximum atomic E-state index is 11.4. The van der Waals surface area contributed by atoms with Crippen molar-refractivity contribution in [2.75, 3.05) is 0 Å². The Hall–Kier alpha value is -0.970. The van der Waals surface area contributed by atoms with E-state index in [1.54, 1.807) is 0 Å². The zero-order chi connectivity index (χ0) is 12.3. The molecular formula is C10H12Cl2N2O2. The smallest absolute Gasteiger partial charge is 0.266 e. The van der Waals surface area contributed by atoms with Crippen molar-refractivity contribution in [3.05, 3.63) is 27.7 Å². The van der Waals surface area contributed by atoms with E-state index in [4.69, 9.17) is 33.8 Å². The number of amides is 1. The summed E-state index contributed by atoms with van der Waals surface area (Å²) in [5, 5.41) is 0.580. The second kappa shape index (κ2) is 5.39. The molecule has 4 nitrogen and oxygen atoms in total. The number of halogens is 2. The van der Waals surface area contributed by atoms with Crippen molar-refractivity contribution in [2.45, 2.75) is 20.0 Å². The first-order valence-corrected chi connectivity index (χ1v) is 5.38. The SMILES string of the molecule is CC(C)Oc1cc(C(=O)NN)c(Cl)cc1Cl. The molecule has 6 heteroatoms. The zero-order valence-electron chi connectivity index (χ0n) is 8.88. The summed E-state index contributed by atoms with van der Waals surface area (Å²) in [5.41, 5.74) is 2.23. The van der Waals surface area contributed by atoms with E-state index in [1.165, 1.54) is 12.1 Å². The van der Waals surface area contributed by atoms with Gasteiger partial charge in [-0.15, -0.1) is 0 Å². The third-order valence-electron chi connectivity index (χ3n) is 1.76. The number of nitrogen functional groups attached to an aromatic ring is 1. The summed E-state index contributed by atoms with van der Waals surface area (Å²) in [7, 11) is 0. The highest BCUT2D eigenvalue weighted by molar-refractivity contribution is 6.37. The van der Waals surface area contributed by atoms with Crippen molar-refractivity contribution in [1.29, 1.82) is 0 Å². The van der Waals surface area contributed by atoms with Crippen molar-refractivity contribution in [3.8, 4) is 5.75 Å². The molecule has 1 amide bonds. The summed E-state index contributed by atoms with van der Waals surface area (Å²) in [5.74, 6) is 4.94. The monoisotopic (exact) mass is 262 g/mol. The topological polar surface area (TPSA) is 64.3 Å². The molecule has 0 aliphatic heterocycles. The van der Waals surface area contributed by atoms with Crippen molar-refractivity contribution >= 4 is 29.1 Å². The molecule has 0 bridgehead atoms. The highest BCUT2D eigenvalue weighted by Gasteiger charge is 2.14. The van der Waals surface area contributed by atoms with Crippen LogP contribution in [0.2, 0.25) is 10.0 Å². The highest BCUT2D eigenvalue weighted by Crippen LogP contribution is 2.31. The molecule has 0 aromatic heterocycles. The average molecular weight is 263 g/mol. The molecule has 0 atom stereocenters. The van der Waals surface area contributed by atoms with E-state index in [-0.39, 0.29) is 16.7 Å². The van der Waals surface area contributed by atoms with Crippen LogP contribution in [0.3, 0.4) is 0 Å². The molecule has 0 aliphatic rings. The van der Waals surface area contributed by atoms with Gasteiger partial charge >= 0.3 is 0 Å². The molecule has 0 heterocycles. The summed E-state index contributed by atoms with van der Waals surface area (Å²) < 4.78 is 5.42. The third kappa shape index (κ3) is 3.01. The molecule has 88 valence electrons. The lowest BCUT2D eigenvalue weighted by molar-refractivity contribution is 0.0953. The molecule has 16 heavy (non-hydrogen) atoms. The third-order valence-corrected chi connectivity index (χ3v) is 2.37. The molecule has 1 rings (SSSR count). The molecule has 1 aromatic carbocycles. The summed E-state index contributed by atoms with van der Waals surface area (Å²) in [6.45, 7) is 3.71. The Balaban J connectivity index is 3.16. The van der Waals surface area contributed by atoms with Crippen LogP contribution in [0, 0.1) is 0 Å². The van der Waals surface area contributed by atoms with Gasteiger partial charge in [-0.05, 0) is 26.0 Å². The molecule has 0 radical (unpaired) electrons. The van der Waals surface area contributed by atoms with E-state index >= 15 is 0 Å². The fourth-order valence-electron chi connectivity index (χ4n) is 1.13. The summed E-state index contributed by atoms with van der Waals surface area (Å²) >= 11 is 11.8. The van der Waals surface area contributed by atoms with Crippen LogP contribution in [0.5, 0.6) is 5.75 Å². The van der Waals surface area contributed by atoms with E-state index in [0.717, 1.165) is 0 Å². The van der Waals surface area contributed by atoms with Crippen LogP contribution in [0.25, 0.3) is 0 Å². The maximum absolute atomic E-state index is 11.4. The van der Waals surface area contributed by atoms with Crippen LogP contribution in [0.15, 0.2) is 12.1 Å². The van der Waals surface area contributed by atoms with E-state index in [9.17, 15) is 4.79 Å². The van der Waals surface area contributed by atoms with Crippen LogP contribution >= 0.6 is 23.2 Å². The van der Waals surface area contributed by atoms with Gasteiger partial charge in [-0.3, -0.25) is 10.2 Å². The van der Waals surface area contributed by atoms with Crippen molar-refractivity contribution < 1.29 is 9.53 Å². The standard InChI is InChI=1S/C10H12Cl2N2O2/c1-5(2)16-9-3-6(10(15)14-13)7(11)4-8(9)12/h3-5H,13H2,1-2H3,(H,14,15). The Kier molecular flexibility index (Phi) is 4.41. The Bertz CT molecular complexity index is 408. The van der Waals surface area contributed by atoms with E-state index < -0.39 is 5.91 Å². The number of ether oxygens (including phenoxy) is 1. The molecule has 3 N–H and O–H groups in total. The number of nitrogens with one attached hydrogen (secondary N) is 1. The quantitative estimate of drug-likeness (QED) is 0.500. The largest absolute Gasteiger partial charge is 0.489 e. The normalized spacial score (nSPS) is 10.4. The van der Waals surface area contributed by atoms with Gasteiger partial charge < -0.3 is 4.74 Å². The predicted octanol–water partition coefficient (Wildman–Crippen LogP) is 2.38. The van der Waals surface area contributed by atoms with Crippen LogP contribution in [0.4, 0.5) is 0 Å². The molecule has 0 aliphatic carbocycles. The van der Waals surface area contributed by atoms with Crippen molar-refractivity contribution in [1.82, 2.24) is 5.43 Å². The predicted molar refractivity (Wildman–Crippen MR) is 63.9 cm³/mol. The molecule has 0 saturated carbocycles. The number of hydrogen-bond donors (Lipinski definition) is 2. The van der Waals surface area contributed by atoms with Crippen LogP contribution < -0.4 is 16.0 Å². The van der Waals surface area contributed by atoms with Crippen molar-refractivity contribution in [2.24, 2.45) is 5.84 Å². The lowest BCUT2D eigenvalue weighted by Gasteiger charge is -2.13. The number of hydrogen-bond acceptors (Lipinski definition) is 3. The Morgan fingerprint density at radius 3 is 2.50 bits per heavy atom. The van der Waals surface area contributed by atoms with Gasteiger partial charge in [0.1, 0.15) is 5.75 Å². The Morgan fingerprint density at radius 1 is 1.38 bits per heavy atom. The van der Waals surface area contributed by atoms with Gasteiger partial charge in [0, 0.05) is 0 Å². The van der Waals surface area contributed by atoms with Gasteiger partial charge in [0.05, 0.1) is 21.7 Å². The first-order chi connectivity index (χ1) is 7.45. The number of rotatable bonds is 3. The number of nitrogens with two attached hydrogens (primary N) is 1. The molecular weight excluding hydrogens is 251 g/mol. The van der Waals surface area contributed by atoms with Gasteiger partial charge in [0.25, 0.3) is 5.91 Å². The lowest BCUT2D eigenvalue weighted by atomic mass is 10.2. The number of hydrazine groups is 1. The van der Waals surface area contributed by atoms with Crippen LogP contribution in [0.1, 0.15) is 24.2 Å². The fourth-order valence-corrected chi connectivity index (χ4v) is 1.64. The molecule has 0 unspecified atom stereocenters. The average Bonchev–Trinajstić information content (AvgIpc) is 2.20. The molecule has 0 spiro atoms. The maximum Gasteiger partial charge on any atom is 0.266 e. The minimum Gasteiger partial charge on any atom is -0.489 e. The molecule has 1 aromatic rings. The van der Waals surface area contributed by atoms with Crippen LogP contribution in [-0.4, -0.2) is 12.0 Å². The first-order valence-electron chi connectivity index (χ1n) is 4.62. The van der Waals surface area contributed by atoms with E-state index in [2.05, 4.69) is 0 Å². The van der Waals surface area contributed by atoms with Gasteiger partial charge in [0.15, 0.2) is 0 Å². The van der Waals surface area contributed by atoms with Gasteiger partial charge in [-0.1, -0.05) is 23.2 Å². The number of benzene rings is 1. The fraction of sp³-hybridized carbons (Fsp3) is 0.300. The van der Waals surface area contributed by atoms with Crippen molar-refractivity contribution in [3.63, 3.8) is 0 Å². The highest BCUT2D eigenvalue weighted by atomic mass is 35.5. The zero-order valence-corrected chi connectivity index (χ0v) is 10.4. The van der Waals surface area contributed by atoms with Gasteiger partial charge in [-0.25, -0.2) is 5.84 Å². The number of carbonyl (C=O) groups excluding carboxylic acids is 1. The molecule has 0 saturated heterocycles.